The molecule has 6 heteroatoms. The van der Waals surface area contributed by atoms with Crippen molar-refractivity contribution in [1.82, 2.24) is 0 Å². The van der Waals surface area contributed by atoms with Crippen molar-refractivity contribution in [3.05, 3.63) is 29.8 Å². The number of benzene rings is 1. The highest BCUT2D eigenvalue weighted by Crippen LogP contribution is 2.28. The van der Waals surface area contributed by atoms with Crippen LogP contribution in [0.2, 0.25) is 0 Å². The number of nitrogens with two attached hydrogens (primary N) is 2. The fraction of sp³-hybridized carbons (Fsp3) is 0.308. The number of carbonyl (C=O) groups is 1. The van der Waals surface area contributed by atoms with Gasteiger partial charge in [-0.2, -0.15) is 0 Å². The molecule has 0 bridgehead atoms. The summed E-state index contributed by atoms with van der Waals surface area (Å²) in [7, 11) is 0. The van der Waals surface area contributed by atoms with E-state index in [1.807, 2.05) is 24.3 Å². The third-order valence-corrected chi connectivity index (χ3v) is 3.16. The molecule has 1 aromatic carbocycles. The first kappa shape index (κ1) is 13.6. The average molecular weight is 276 g/mol. The maximum Gasteiger partial charge on any atom is 0.260 e. The quantitative estimate of drug-likeness (QED) is 0.805. The van der Waals surface area contributed by atoms with E-state index in [2.05, 4.69) is 4.99 Å². The molecule has 0 spiro atoms. The lowest BCUT2D eigenvalue weighted by Crippen LogP contribution is -2.43. The largest absolute Gasteiger partial charge is 0.387 e. The molecule has 1 aliphatic heterocycles. The normalized spacial score (nSPS) is 17.5. The van der Waals surface area contributed by atoms with Gasteiger partial charge in [-0.3, -0.25) is 9.69 Å². The van der Waals surface area contributed by atoms with Crippen LogP contribution in [0.25, 0.3) is 0 Å². The molecule has 0 fully saturated rings. The Hall–Kier alpha value is -1.79. The molecule has 0 aliphatic carbocycles. The van der Waals surface area contributed by atoms with Crippen LogP contribution in [0.4, 0.5) is 5.69 Å². The van der Waals surface area contributed by atoms with Crippen LogP contribution in [0, 0.1) is 0 Å². The second-order valence-electron chi connectivity index (χ2n) is 4.87. The average Bonchev–Trinajstić information content (AvgIpc) is 2.61. The van der Waals surface area contributed by atoms with Gasteiger partial charge in [-0.25, -0.2) is 4.99 Å². The number of hydrogen-bond donors (Lipinski definition) is 2. The van der Waals surface area contributed by atoms with Crippen molar-refractivity contribution >= 4 is 34.6 Å². The molecule has 100 valence electrons. The summed E-state index contributed by atoms with van der Waals surface area (Å²) in [5.74, 6) is 0.196. The van der Waals surface area contributed by atoms with Crippen LogP contribution in [-0.4, -0.2) is 22.3 Å². The number of amidine groups is 1. The van der Waals surface area contributed by atoms with E-state index in [1.165, 1.54) is 4.90 Å². The van der Waals surface area contributed by atoms with Gasteiger partial charge in [0.1, 0.15) is 10.5 Å². The van der Waals surface area contributed by atoms with Gasteiger partial charge < -0.3 is 11.5 Å². The standard InChI is InChI=1S/C13H16N4OS/c1-13(2)12(18)17(11(16-13)10(15)19)9-5-3-8(7-14)4-6-9/h3-6H,7,14H2,1-2H3,(H2,15,19). The Morgan fingerprint density at radius 3 is 2.42 bits per heavy atom. The molecule has 0 atom stereocenters. The first-order valence-corrected chi connectivity index (χ1v) is 6.31. The van der Waals surface area contributed by atoms with Crippen molar-refractivity contribution in [2.45, 2.75) is 25.9 Å². The summed E-state index contributed by atoms with van der Waals surface area (Å²) >= 11 is 4.97. The Morgan fingerprint density at radius 2 is 1.95 bits per heavy atom. The van der Waals surface area contributed by atoms with E-state index < -0.39 is 5.54 Å². The maximum atomic E-state index is 12.4. The van der Waals surface area contributed by atoms with Crippen LogP contribution in [0.5, 0.6) is 0 Å². The van der Waals surface area contributed by atoms with Crippen LogP contribution >= 0.6 is 12.2 Å². The first-order valence-electron chi connectivity index (χ1n) is 5.90. The summed E-state index contributed by atoms with van der Waals surface area (Å²) in [6.07, 6.45) is 0. The van der Waals surface area contributed by atoms with E-state index >= 15 is 0 Å². The Bertz CT molecular complexity index is 563. The predicted octanol–water partition coefficient (Wildman–Crippen LogP) is 0.955. The summed E-state index contributed by atoms with van der Waals surface area (Å²) in [4.78, 5) is 18.2. The maximum absolute atomic E-state index is 12.4. The number of amides is 1. The van der Waals surface area contributed by atoms with E-state index in [1.54, 1.807) is 13.8 Å². The number of hydrogen-bond acceptors (Lipinski definition) is 4. The molecule has 5 nitrogen and oxygen atoms in total. The smallest absolute Gasteiger partial charge is 0.260 e. The van der Waals surface area contributed by atoms with Crippen LogP contribution in [0.3, 0.4) is 0 Å². The number of carbonyl (C=O) groups excluding carboxylic acids is 1. The van der Waals surface area contributed by atoms with Crippen LogP contribution in [0.1, 0.15) is 19.4 Å². The topological polar surface area (TPSA) is 84.7 Å². The summed E-state index contributed by atoms with van der Waals surface area (Å²) in [5.41, 5.74) is 12.0. The van der Waals surface area contributed by atoms with Gasteiger partial charge in [0, 0.05) is 6.54 Å². The summed E-state index contributed by atoms with van der Waals surface area (Å²) in [6.45, 7) is 3.93. The van der Waals surface area contributed by atoms with Gasteiger partial charge in [-0.15, -0.1) is 0 Å². The number of thiocarbonyl (C=S) groups is 1. The fourth-order valence-corrected chi connectivity index (χ4v) is 2.06. The van der Waals surface area contributed by atoms with Gasteiger partial charge >= 0.3 is 0 Å². The minimum atomic E-state index is -0.842. The van der Waals surface area contributed by atoms with Gasteiger partial charge in [-0.1, -0.05) is 24.4 Å². The number of nitrogens with zero attached hydrogens (tertiary/aromatic N) is 2. The molecule has 1 amide bonds. The third-order valence-electron chi connectivity index (χ3n) is 2.97. The van der Waals surface area contributed by atoms with Crippen molar-refractivity contribution in [3.8, 4) is 0 Å². The zero-order valence-electron chi connectivity index (χ0n) is 10.9. The summed E-state index contributed by atoms with van der Waals surface area (Å²) in [6, 6.07) is 7.36. The third kappa shape index (κ3) is 2.36. The molecule has 2 rings (SSSR count). The number of aliphatic imine (C=N–C) groups is 1. The Morgan fingerprint density at radius 1 is 1.37 bits per heavy atom. The number of rotatable bonds is 3. The van der Waals surface area contributed by atoms with Gasteiger partial charge in [0.25, 0.3) is 5.91 Å². The molecule has 0 aromatic heterocycles. The highest BCUT2D eigenvalue weighted by molar-refractivity contribution is 7.82. The van der Waals surface area contributed by atoms with Gasteiger partial charge in [0.2, 0.25) is 0 Å². The molecule has 0 saturated carbocycles. The van der Waals surface area contributed by atoms with Gasteiger partial charge in [-0.05, 0) is 31.5 Å². The zero-order valence-corrected chi connectivity index (χ0v) is 11.7. The van der Waals surface area contributed by atoms with Crippen LogP contribution in [-0.2, 0) is 11.3 Å². The fourth-order valence-electron chi connectivity index (χ4n) is 1.92. The SMILES string of the molecule is CC1(C)N=C(C(N)=S)N(c2ccc(CN)cc2)C1=O. The highest BCUT2D eigenvalue weighted by Gasteiger charge is 2.42. The Balaban J connectivity index is 2.44. The summed E-state index contributed by atoms with van der Waals surface area (Å²) < 4.78 is 0. The molecule has 1 aliphatic rings. The lowest BCUT2D eigenvalue weighted by molar-refractivity contribution is -0.120. The van der Waals surface area contributed by atoms with E-state index in [4.69, 9.17) is 23.7 Å². The van der Waals surface area contributed by atoms with Crippen molar-refractivity contribution in [2.75, 3.05) is 4.90 Å². The molecule has 0 unspecified atom stereocenters. The molecule has 19 heavy (non-hydrogen) atoms. The highest BCUT2D eigenvalue weighted by atomic mass is 32.1. The monoisotopic (exact) mass is 276 g/mol. The van der Waals surface area contributed by atoms with Crippen molar-refractivity contribution in [1.29, 1.82) is 0 Å². The van der Waals surface area contributed by atoms with E-state index in [0.29, 0.717) is 18.1 Å². The van der Waals surface area contributed by atoms with E-state index in [-0.39, 0.29) is 10.9 Å². The number of anilines is 1. The molecule has 4 N–H and O–H groups in total. The lowest BCUT2D eigenvalue weighted by atomic mass is 10.1. The minimum absolute atomic E-state index is 0.113. The predicted molar refractivity (Wildman–Crippen MR) is 80.1 cm³/mol. The van der Waals surface area contributed by atoms with E-state index in [0.717, 1.165) is 5.56 Å². The molecule has 1 aromatic rings. The molecule has 1 heterocycles. The zero-order chi connectivity index (χ0) is 14.2. The molecular formula is C13H16N4OS. The lowest BCUT2D eigenvalue weighted by Gasteiger charge is -2.20. The Labute approximate surface area is 117 Å². The van der Waals surface area contributed by atoms with Crippen molar-refractivity contribution < 1.29 is 4.79 Å². The van der Waals surface area contributed by atoms with E-state index in [9.17, 15) is 4.79 Å². The second kappa shape index (κ2) is 4.71. The van der Waals surface area contributed by atoms with Gasteiger partial charge in [0.05, 0.1) is 5.69 Å². The molecule has 0 radical (unpaired) electrons. The summed E-state index contributed by atoms with van der Waals surface area (Å²) in [5, 5.41) is 0. The minimum Gasteiger partial charge on any atom is -0.387 e. The second-order valence-corrected chi connectivity index (χ2v) is 5.31. The first-order chi connectivity index (χ1) is 8.86. The van der Waals surface area contributed by atoms with Crippen LogP contribution < -0.4 is 16.4 Å². The van der Waals surface area contributed by atoms with Crippen LogP contribution in [0.15, 0.2) is 29.3 Å². The van der Waals surface area contributed by atoms with Crippen molar-refractivity contribution in [2.24, 2.45) is 16.5 Å². The molecular weight excluding hydrogens is 260 g/mol. The van der Waals surface area contributed by atoms with Gasteiger partial charge in [0.15, 0.2) is 5.84 Å². The Kier molecular flexibility index (Phi) is 3.38. The molecule has 0 saturated heterocycles. The van der Waals surface area contributed by atoms with Crippen molar-refractivity contribution in [3.63, 3.8) is 0 Å².